The van der Waals surface area contributed by atoms with E-state index in [4.69, 9.17) is 0 Å². The number of thioether (sulfide) groups is 1. The van der Waals surface area contributed by atoms with Gasteiger partial charge in [-0.3, -0.25) is 4.99 Å². The van der Waals surface area contributed by atoms with Gasteiger partial charge in [0.05, 0.1) is 6.61 Å². The third kappa shape index (κ3) is 6.69. The van der Waals surface area contributed by atoms with Crippen LogP contribution in [0.4, 0.5) is 4.39 Å². The van der Waals surface area contributed by atoms with Crippen LogP contribution in [0.15, 0.2) is 59.6 Å². The van der Waals surface area contributed by atoms with Crippen LogP contribution in [0.25, 0.3) is 0 Å². The molecule has 0 saturated carbocycles. The molecule has 4 nitrogen and oxygen atoms in total. The molecule has 1 unspecified atom stereocenters. The Morgan fingerprint density at radius 1 is 1.12 bits per heavy atom. The molecule has 0 bridgehead atoms. The van der Waals surface area contributed by atoms with Crippen molar-refractivity contribution in [2.75, 3.05) is 32.5 Å². The summed E-state index contributed by atoms with van der Waals surface area (Å²) >= 11 is 1.67. The van der Waals surface area contributed by atoms with Crippen LogP contribution in [-0.2, 0) is 5.75 Å². The minimum absolute atomic E-state index is 0.0187. The van der Waals surface area contributed by atoms with Crippen LogP contribution in [0.5, 0.6) is 0 Å². The fourth-order valence-electron chi connectivity index (χ4n) is 2.49. The van der Waals surface area contributed by atoms with E-state index in [1.54, 1.807) is 24.9 Å². The van der Waals surface area contributed by atoms with Gasteiger partial charge < -0.3 is 15.7 Å². The highest BCUT2D eigenvalue weighted by molar-refractivity contribution is 7.98. The Morgan fingerprint density at radius 3 is 2.54 bits per heavy atom. The van der Waals surface area contributed by atoms with Crippen LogP contribution in [0, 0.1) is 5.82 Å². The molecule has 0 aliphatic heterocycles. The van der Waals surface area contributed by atoms with E-state index in [2.05, 4.69) is 15.6 Å². The summed E-state index contributed by atoms with van der Waals surface area (Å²) in [6.45, 7) is 1.41. The van der Waals surface area contributed by atoms with Gasteiger partial charge in [0.2, 0.25) is 0 Å². The first-order chi connectivity index (χ1) is 12.7. The Labute approximate surface area is 158 Å². The Bertz CT molecular complexity index is 682. The number of nitrogens with zero attached hydrogens (tertiary/aromatic N) is 1. The second kappa shape index (κ2) is 11.5. The van der Waals surface area contributed by atoms with Crippen LogP contribution in [0.1, 0.15) is 17.0 Å². The van der Waals surface area contributed by atoms with Crippen LogP contribution >= 0.6 is 11.8 Å². The molecule has 1 atom stereocenters. The molecular weight excluding hydrogens is 349 g/mol. The average Bonchev–Trinajstić information content (AvgIpc) is 2.68. The minimum Gasteiger partial charge on any atom is -0.396 e. The summed E-state index contributed by atoms with van der Waals surface area (Å²) < 4.78 is 13.6. The van der Waals surface area contributed by atoms with E-state index in [1.807, 2.05) is 42.5 Å². The van der Waals surface area contributed by atoms with Crippen molar-refractivity contribution < 1.29 is 9.50 Å². The zero-order chi connectivity index (χ0) is 18.6. The van der Waals surface area contributed by atoms with Crippen LogP contribution < -0.4 is 10.6 Å². The zero-order valence-electron chi connectivity index (χ0n) is 15.0. The monoisotopic (exact) mass is 375 g/mol. The molecule has 0 amide bonds. The van der Waals surface area contributed by atoms with Gasteiger partial charge in [-0.2, -0.15) is 11.8 Å². The van der Waals surface area contributed by atoms with Crippen molar-refractivity contribution in [2.24, 2.45) is 4.99 Å². The van der Waals surface area contributed by atoms with Crippen molar-refractivity contribution >= 4 is 17.7 Å². The predicted octanol–water partition coefficient (Wildman–Crippen LogP) is 3.00. The number of benzene rings is 2. The molecule has 0 aromatic heterocycles. The summed E-state index contributed by atoms with van der Waals surface area (Å²) in [4.78, 5) is 4.20. The third-order valence-corrected chi connectivity index (χ3v) is 4.99. The van der Waals surface area contributed by atoms with Crippen LogP contribution in [-0.4, -0.2) is 43.6 Å². The van der Waals surface area contributed by atoms with Crippen molar-refractivity contribution in [1.82, 2.24) is 10.6 Å². The lowest BCUT2D eigenvalue weighted by atomic mass is 10.0. The molecular formula is C20H26FN3OS. The van der Waals surface area contributed by atoms with Crippen molar-refractivity contribution in [3.63, 3.8) is 0 Å². The van der Waals surface area contributed by atoms with Gasteiger partial charge in [-0.25, -0.2) is 4.39 Å². The summed E-state index contributed by atoms with van der Waals surface area (Å²) in [5, 5.41) is 16.1. The van der Waals surface area contributed by atoms with Gasteiger partial charge in [-0.15, -0.1) is 0 Å². The van der Waals surface area contributed by atoms with Gasteiger partial charge in [0.1, 0.15) is 5.82 Å². The van der Waals surface area contributed by atoms with E-state index < -0.39 is 0 Å². The lowest BCUT2D eigenvalue weighted by Crippen LogP contribution is -2.40. The number of hydrogen-bond acceptors (Lipinski definition) is 3. The topological polar surface area (TPSA) is 56.7 Å². The Hall–Kier alpha value is -2.05. The number of rotatable bonds is 9. The maximum absolute atomic E-state index is 13.6. The van der Waals surface area contributed by atoms with Gasteiger partial charge in [-0.1, -0.05) is 48.5 Å². The smallest absolute Gasteiger partial charge is 0.191 e. The van der Waals surface area contributed by atoms with Gasteiger partial charge >= 0.3 is 0 Å². The zero-order valence-corrected chi connectivity index (χ0v) is 15.8. The van der Waals surface area contributed by atoms with Gasteiger partial charge in [0, 0.05) is 37.6 Å². The van der Waals surface area contributed by atoms with Gasteiger partial charge in [-0.05, 0) is 17.2 Å². The molecule has 0 aliphatic rings. The molecule has 0 fully saturated rings. The molecule has 140 valence electrons. The predicted molar refractivity (Wildman–Crippen MR) is 108 cm³/mol. The Kier molecular flexibility index (Phi) is 9.00. The molecule has 0 spiro atoms. The van der Waals surface area contributed by atoms with E-state index in [1.165, 1.54) is 6.07 Å². The summed E-state index contributed by atoms with van der Waals surface area (Å²) in [5.41, 5.74) is 1.83. The number of aliphatic hydroxyl groups excluding tert-OH is 1. The fraction of sp³-hybridized carbons (Fsp3) is 0.350. The molecule has 3 N–H and O–H groups in total. The number of nitrogens with one attached hydrogen (secondary N) is 2. The van der Waals surface area contributed by atoms with E-state index in [0.29, 0.717) is 18.3 Å². The second-order valence-electron chi connectivity index (χ2n) is 5.81. The van der Waals surface area contributed by atoms with Crippen molar-refractivity contribution in [1.29, 1.82) is 0 Å². The van der Waals surface area contributed by atoms with Crippen molar-refractivity contribution in [3.8, 4) is 0 Å². The Morgan fingerprint density at radius 2 is 1.85 bits per heavy atom. The molecule has 0 heterocycles. The van der Waals surface area contributed by atoms with E-state index in [9.17, 15) is 9.50 Å². The first-order valence-corrected chi connectivity index (χ1v) is 9.81. The fourth-order valence-corrected chi connectivity index (χ4v) is 3.34. The highest BCUT2D eigenvalue weighted by Gasteiger charge is 2.10. The van der Waals surface area contributed by atoms with Crippen LogP contribution in [0.2, 0.25) is 0 Å². The highest BCUT2D eigenvalue weighted by atomic mass is 32.2. The lowest BCUT2D eigenvalue weighted by Gasteiger charge is -2.18. The highest BCUT2D eigenvalue weighted by Crippen LogP contribution is 2.15. The van der Waals surface area contributed by atoms with Crippen molar-refractivity contribution in [2.45, 2.75) is 11.7 Å². The number of guanidine groups is 1. The van der Waals surface area contributed by atoms with Crippen LogP contribution in [0.3, 0.4) is 0 Å². The largest absolute Gasteiger partial charge is 0.396 e. The molecule has 2 aromatic rings. The molecule has 0 aliphatic carbocycles. The summed E-state index contributed by atoms with van der Waals surface area (Å²) in [7, 11) is 1.72. The summed E-state index contributed by atoms with van der Waals surface area (Å²) in [6.07, 6.45) is 0. The van der Waals surface area contributed by atoms with Crippen molar-refractivity contribution in [3.05, 3.63) is 71.5 Å². The molecule has 2 rings (SSSR count). The number of aliphatic imine (C=N–C) groups is 1. The SMILES string of the molecule is CN=C(NCCSCc1ccccc1F)NCC(CO)c1ccccc1. The van der Waals surface area contributed by atoms with E-state index in [0.717, 1.165) is 23.4 Å². The number of hydrogen-bond donors (Lipinski definition) is 3. The lowest BCUT2D eigenvalue weighted by molar-refractivity contribution is 0.265. The normalized spacial score (nSPS) is 12.7. The molecule has 26 heavy (non-hydrogen) atoms. The minimum atomic E-state index is -0.151. The summed E-state index contributed by atoms with van der Waals surface area (Å²) in [5.74, 6) is 2.07. The maximum Gasteiger partial charge on any atom is 0.191 e. The maximum atomic E-state index is 13.6. The van der Waals surface area contributed by atoms with Gasteiger partial charge in [0.15, 0.2) is 5.96 Å². The van der Waals surface area contributed by atoms with E-state index in [-0.39, 0.29) is 18.3 Å². The Balaban J connectivity index is 1.68. The molecule has 0 radical (unpaired) electrons. The molecule has 0 saturated heterocycles. The quantitative estimate of drug-likeness (QED) is 0.358. The van der Waals surface area contributed by atoms with E-state index >= 15 is 0 Å². The standard InChI is InChI=1S/C20H26FN3OS/c1-22-20(24-13-18(14-25)16-7-3-2-4-8-16)23-11-12-26-15-17-9-5-6-10-19(17)21/h2-10,18,25H,11-15H2,1H3,(H2,22,23,24). The summed E-state index contributed by atoms with van der Waals surface area (Å²) in [6, 6.07) is 16.8. The second-order valence-corrected chi connectivity index (χ2v) is 6.92. The van der Waals surface area contributed by atoms with Gasteiger partial charge in [0.25, 0.3) is 0 Å². The molecule has 2 aromatic carbocycles. The first-order valence-electron chi connectivity index (χ1n) is 8.66. The number of halogens is 1. The third-order valence-electron chi connectivity index (χ3n) is 3.99. The average molecular weight is 376 g/mol. The molecule has 6 heteroatoms. The first kappa shape index (κ1) is 20.3. The number of aliphatic hydroxyl groups is 1.